The zero-order chi connectivity index (χ0) is 20.1. The summed E-state index contributed by atoms with van der Waals surface area (Å²) in [6.07, 6.45) is 0. The van der Waals surface area contributed by atoms with Crippen molar-refractivity contribution >= 4 is 17.8 Å². The minimum Gasteiger partial charge on any atom is -0.383 e. The van der Waals surface area contributed by atoms with Crippen molar-refractivity contribution < 1.29 is 19.1 Å². The first-order valence-electron chi connectivity index (χ1n) is 9.18. The number of rotatable bonds is 10. The predicted molar refractivity (Wildman–Crippen MR) is 104 cm³/mol. The number of nitrogens with one attached hydrogen (secondary N) is 2. The lowest BCUT2D eigenvalue weighted by atomic mass is 10.3. The van der Waals surface area contributed by atoms with E-state index in [0.29, 0.717) is 38.8 Å². The summed E-state index contributed by atoms with van der Waals surface area (Å²) in [4.78, 5) is 33.9. The van der Waals surface area contributed by atoms with Gasteiger partial charge in [-0.2, -0.15) is 0 Å². The second kappa shape index (κ2) is 13.3. The maximum absolute atomic E-state index is 11.9. The van der Waals surface area contributed by atoms with Gasteiger partial charge in [0.05, 0.1) is 19.8 Å². The van der Waals surface area contributed by atoms with Crippen molar-refractivity contribution in [2.75, 3.05) is 93.9 Å². The van der Waals surface area contributed by atoms with E-state index in [1.165, 1.54) is 4.90 Å². The molecule has 1 aliphatic rings. The van der Waals surface area contributed by atoms with Gasteiger partial charge in [0.1, 0.15) is 6.54 Å². The molecule has 0 aliphatic carbocycles. The summed E-state index contributed by atoms with van der Waals surface area (Å²) in [6, 6.07) is 0. The molecule has 2 N–H and O–H groups in total. The molecule has 156 valence electrons. The second-order valence-electron chi connectivity index (χ2n) is 6.45. The van der Waals surface area contributed by atoms with Gasteiger partial charge in [0, 0.05) is 67.6 Å². The topological polar surface area (TPSA) is 98.7 Å². The first-order valence-corrected chi connectivity index (χ1v) is 9.18. The second-order valence-corrected chi connectivity index (χ2v) is 6.45. The van der Waals surface area contributed by atoms with E-state index in [4.69, 9.17) is 9.47 Å². The van der Waals surface area contributed by atoms with E-state index in [0.717, 1.165) is 26.2 Å². The van der Waals surface area contributed by atoms with E-state index in [1.54, 1.807) is 28.3 Å². The van der Waals surface area contributed by atoms with E-state index in [-0.39, 0.29) is 18.4 Å². The maximum Gasteiger partial charge on any atom is 0.243 e. The van der Waals surface area contributed by atoms with Gasteiger partial charge >= 0.3 is 0 Å². The summed E-state index contributed by atoms with van der Waals surface area (Å²) >= 11 is 0. The molecule has 1 heterocycles. The van der Waals surface area contributed by atoms with Crippen LogP contribution in [0.5, 0.6) is 0 Å². The molecule has 10 nitrogen and oxygen atoms in total. The first kappa shape index (κ1) is 23.1. The molecule has 0 atom stereocenters. The first-order chi connectivity index (χ1) is 13.0. The Balaban J connectivity index is 2.50. The molecule has 0 spiro atoms. The molecule has 0 bridgehead atoms. The smallest absolute Gasteiger partial charge is 0.243 e. The Kier molecular flexibility index (Phi) is 11.4. The number of guanidine groups is 1. The Morgan fingerprint density at radius 2 is 1.59 bits per heavy atom. The summed E-state index contributed by atoms with van der Waals surface area (Å²) < 4.78 is 10.00. The highest BCUT2D eigenvalue weighted by molar-refractivity contribution is 5.85. The molecule has 27 heavy (non-hydrogen) atoms. The molecule has 10 heteroatoms. The number of carbonyl (C=O) groups excluding carboxylic acids is 2. The average Bonchev–Trinajstić information content (AvgIpc) is 2.65. The number of carbonyl (C=O) groups is 2. The third-order valence-electron chi connectivity index (χ3n) is 4.12. The van der Waals surface area contributed by atoms with Gasteiger partial charge in [0.25, 0.3) is 0 Å². The Labute approximate surface area is 161 Å². The van der Waals surface area contributed by atoms with Gasteiger partial charge in [-0.1, -0.05) is 0 Å². The van der Waals surface area contributed by atoms with Crippen molar-refractivity contribution in [2.45, 2.75) is 0 Å². The number of methoxy groups -OCH3 is 2. The van der Waals surface area contributed by atoms with Crippen LogP contribution in [0.2, 0.25) is 0 Å². The van der Waals surface area contributed by atoms with Crippen molar-refractivity contribution in [1.29, 1.82) is 0 Å². The molecule has 0 aromatic rings. The molecule has 0 radical (unpaired) electrons. The van der Waals surface area contributed by atoms with Crippen molar-refractivity contribution in [3.05, 3.63) is 0 Å². The van der Waals surface area contributed by atoms with Crippen LogP contribution in [0.25, 0.3) is 0 Å². The van der Waals surface area contributed by atoms with E-state index in [9.17, 15) is 9.59 Å². The van der Waals surface area contributed by atoms with E-state index < -0.39 is 0 Å². The minimum absolute atomic E-state index is 0.00388. The highest BCUT2D eigenvalue weighted by Gasteiger charge is 2.21. The van der Waals surface area contributed by atoms with Crippen molar-refractivity contribution in [1.82, 2.24) is 25.3 Å². The number of hydrogen-bond acceptors (Lipinski definition) is 6. The van der Waals surface area contributed by atoms with Crippen LogP contribution < -0.4 is 10.6 Å². The highest BCUT2D eigenvalue weighted by atomic mass is 16.5. The summed E-state index contributed by atoms with van der Waals surface area (Å²) in [6.45, 7) is 5.67. The van der Waals surface area contributed by atoms with Gasteiger partial charge in [0.15, 0.2) is 5.96 Å². The number of likely N-dealkylation sites (N-methyl/N-ethyl adjacent to an activating group) is 1. The van der Waals surface area contributed by atoms with Crippen LogP contribution in [0.3, 0.4) is 0 Å². The van der Waals surface area contributed by atoms with Crippen molar-refractivity contribution in [2.24, 2.45) is 4.99 Å². The van der Waals surface area contributed by atoms with Gasteiger partial charge in [-0.25, -0.2) is 4.99 Å². The van der Waals surface area contributed by atoms with Crippen LogP contribution in [0, 0.1) is 0 Å². The largest absolute Gasteiger partial charge is 0.383 e. The number of hydrogen-bond donors (Lipinski definition) is 2. The van der Waals surface area contributed by atoms with Crippen LogP contribution in [-0.2, 0) is 19.1 Å². The Bertz CT molecular complexity index is 478. The molecule has 0 aromatic carbocycles. The van der Waals surface area contributed by atoms with Gasteiger partial charge < -0.3 is 29.9 Å². The maximum atomic E-state index is 11.9. The molecule has 1 fully saturated rings. The summed E-state index contributed by atoms with van der Waals surface area (Å²) in [5.74, 6) is 0.656. The summed E-state index contributed by atoms with van der Waals surface area (Å²) in [5.41, 5.74) is 0. The zero-order valence-corrected chi connectivity index (χ0v) is 17.0. The third-order valence-corrected chi connectivity index (χ3v) is 4.12. The summed E-state index contributed by atoms with van der Waals surface area (Å²) in [7, 11) is 6.68. The van der Waals surface area contributed by atoms with Crippen molar-refractivity contribution in [3.63, 3.8) is 0 Å². The minimum atomic E-state index is -0.0487. The molecule has 0 saturated carbocycles. The third kappa shape index (κ3) is 9.55. The molecule has 1 saturated heterocycles. The van der Waals surface area contributed by atoms with Gasteiger partial charge in [-0.05, 0) is 0 Å². The van der Waals surface area contributed by atoms with E-state index in [1.807, 2.05) is 0 Å². The van der Waals surface area contributed by atoms with Crippen LogP contribution in [0.15, 0.2) is 4.99 Å². The number of amides is 2. The van der Waals surface area contributed by atoms with E-state index in [2.05, 4.69) is 25.4 Å². The fourth-order valence-corrected chi connectivity index (χ4v) is 2.49. The molecular weight excluding hydrogens is 352 g/mol. The number of ether oxygens (including phenoxy) is 2. The van der Waals surface area contributed by atoms with Crippen molar-refractivity contribution in [3.8, 4) is 0 Å². The molecular formula is C17H34N6O4. The number of piperazine rings is 1. The number of aliphatic imine (C=N–C) groups is 1. The lowest BCUT2D eigenvalue weighted by Gasteiger charge is -2.36. The van der Waals surface area contributed by atoms with Gasteiger partial charge in [0.2, 0.25) is 11.8 Å². The average molecular weight is 386 g/mol. The SMILES string of the molecule is COCCNC(=O)CN1CCN(C(=NCC(=O)N(C)C)NCCOC)CC1. The van der Waals surface area contributed by atoms with Crippen LogP contribution in [0.1, 0.15) is 0 Å². The van der Waals surface area contributed by atoms with E-state index >= 15 is 0 Å². The normalized spacial score (nSPS) is 15.6. The molecule has 1 aliphatic heterocycles. The van der Waals surface area contributed by atoms with Gasteiger partial charge in [-0.15, -0.1) is 0 Å². The fourth-order valence-electron chi connectivity index (χ4n) is 2.49. The Hall–Kier alpha value is -1.91. The number of nitrogens with zero attached hydrogens (tertiary/aromatic N) is 4. The van der Waals surface area contributed by atoms with Crippen LogP contribution in [0.4, 0.5) is 0 Å². The van der Waals surface area contributed by atoms with Gasteiger partial charge in [-0.3, -0.25) is 14.5 Å². The fraction of sp³-hybridized carbons (Fsp3) is 0.824. The predicted octanol–water partition coefficient (Wildman–Crippen LogP) is -1.95. The quantitative estimate of drug-likeness (QED) is 0.256. The zero-order valence-electron chi connectivity index (χ0n) is 17.0. The Morgan fingerprint density at radius 1 is 1.00 bits per heavy atom. The monoisotopic (exact) mass is 386 g/mol. The molecule has 0 unspecified atom stereocenters. The van der Waals surface area contributed by atoms with Crippen LogP contribution >= 0.6 is 0 Å². The molecule has 1 rings (SSSR count). The van der Waals surface area contributed by atoms with Crippen LogP contribution in [-0.4, -0.2) is 126 Å². The molecule has 2 amide bonds. The highest BCUT2D eigenvalue weighted by Crippen LogP contribution is 2.02. The standard InChI is InChI=1S/C17H34N6O4/c1-21(2)16(25)13-20-17(19-6-12-27-4)23-9-7-22(8-10-23)14-15(24)18-5-11-26-3/h5-14H2,1-4H3,(H,18,24)(H,19,20). The lowest BCUT2D eigenvalue weighted by Crippen LogP contribution is -2.54. The Morgan fingerprint density at radius 3 is 2.15 bits per heavy atom. The molecule has 0 aromatic heterocycles. The summed E-state index contributed by atoms with van der Waals surface area (Å²) in [5, 5.41) is 6.07. The lowest BCUT2D eigenvalue weighted by molar-refractivity contribution is -0.127.